The van der Waals surface area contributed by atoms with E-state index in [0.717, 1.165) is 24.5 Å². The van der Waals surface area contributed by atoms with Gasteiger partial charge < -0.3 is 15.0 Å². The summed E-state index contributed by atoms with van der Waals surface area (Å²) in [6.45, 7) is 1.43. The van der Waals surface area contributed by atoms with Gasteiger partial charge in [0.2, 0.25) is 0 Å². The van der Waals surface area contributed by atoms with E-state index in [2.05, 4.69) is 10.2 Å². The van der Waals surface area contributed by atoms with E-state index in [1.165, 1.54) is 5.56 Å². The number of hydrogen-bond donors (Lipinski definition) is 1. The van der Waals surface area contributed by atoms with E-state index >= 15 is 0 Å². The van der Waals surface area contributed by atoms with Crippen LogP contribution in [-0.4, -0.2) is 28.5 Å². The first-order valence-electron chi connectivity index (χ1n) is 5.49. The molecule has 2 N–H and O–H groups in total. The van der Waals surface area contributed by atoms with Crippen molar-refractivity contribution >= 4 is 5.69 Å². The van der Waals surface area contributed by atoms with Crippen LogP contribution in [0.25, 0.3) is 0 Å². The molecule has 0 atom stereocenters. The fraction of sp³-hybridized carbons (Fsp3) is 0.333. The van der Waals surface area contributed by atoms with Crippen molar-refractivity contribution in [3.63, 3.8) is 0 Å². The van der Waals surface area contributed by atoms with E-state index in [9.17, 15) is 0 Å². The summed E-state index contributed by atoms with van der Waals surface area (Å²) in [6, 6.07) is 7.80. The summed E-state index contributed by atoms with van der Waals surface area (Å²) in [6.07, 6.45) is 2.48. The third-order valence-corrected chi connectivity index (χ3v) is 2.57. The van der Waals surface area contributed by atoms with Crippen molar-refractivity contribution in [2.75, 3.05) is 19.5 Å². The number of nitrogen functional groups attached to an aromatic ring is 1. The van der Waals surface area contributed by atoms with Gasteiger partial charge in [-0.15, -0.1) is 10.2 Å². The Labute approximate surface area is 100 Å². The lowest BCUT2D eigenvalue weighted by Crippen LogP contribution is -2.08. The van der Waals surface area contributed by atoms with Crippen molar-refractivity contribution in [2.45, 2.75) is 13.0 Å². The zero-order valence-corrected chi connectivity index (χ0v) is 9.84. The molecule has 0 aliphatic rings. The summed E-state index contributed by atoms with van der Waals surface area (Å²) < 4.78 is 7.04. The van der Waals surface area contributed by atoms with Crippen LogP contribution >= 0.6 is 0 Å². The summed E-state index contributed by atoms with van der Waals surface area (Å²) in [4.78, 5) is 0. The van der Waals surface area contributed by atoms with Crippen molar-refractivity contribution in [1.29, 1.82) is 0 Å². The topological polar surface area (TPSA) is 66.0 Å². The third kappa shape index (κ3) is 3.04. The number of anilines is 1. The van der Waals surface area contributed by atoms with Crippen molar-refractivity contribution in [1.82, 2.24) is 14.8 Å². The van der Waals surface area contributed by atoms with Gasteiger partial charge in [0.05, 0.1) is 6.61 Å². The molecule has 5 heteroatoms. The Kier molecular flexibility index (Phi) is 3.72. The van der Waals surface area contributed by atoms with Gasteiger partial charge in [-0.2, -0.15) is 0 Å². The van der Waals surface area contributed by atoms with E-state index in [1.807, 2.05) is 28.8 Å². The van der Waals surface area contributed by atoms with Gasteiger partial charge in [0.15, 0.2) is 0 Å². The van der Waals surface area contributed by atoms with E-state index in [4.69, 9.17) is 10.5 Å². The molecule has 0 spiro atoms. The van der Waals surface area contributed by atoms with E-state index < -0.39 is 0 Å². The van der Waals surface area contributed by atoms with Crippen LogP contribution in [0.2, 0.25) is 0 Å². The number of nitrogens with zero attached hydrogens (tertiary/aromatic N) is 3. The Hall–Kier alpha value is -1.88. The number of aromatic nitrogens is 3. The summed E-state index contributed by atoms with van der Waals surface area (Å²) in [5.74, 6) is 0.937. The Morgan fingerprint density at radius 1 is 1.29 bits per heavy atom. The van der Waals surface area contributed by atoms with Crippen LogP contribution in [0.5, 0.6) is 0 Å². The highest BCUT2D eigenvalue weighted by Crippen LogP contribution is 2.10. The lowest BCUT2D eigenvalue weighted by Gasteiger charge is -2.06. The lowest BCUT2D eigenvalue weighted by atomic mass is 10.1. The molecule has 0 bridgehead atoms. The SMILES string of the molecule is COCCn1cnnc1Cc1ccc(N)cc1. The van der Waals surface area contributed by atoms with Crippen molar-refractivity contribution < 1.29 is 4.74 Å². The highest BCUT2D eigenvalue weighted by molar-refractivity contribution is 5.39. The largest absolute Gasteiger partial charge is 0.399 e. The molecule has 0 unspecified atom stereocenters. The van der Waals surface area contributed by atoms with Crippen LogP contribution in [0.4, 0.5) is 5.69 Å². The van der Waals surface area contributed by atoms with Gasteiger partial charge in [0.1, 0.15) is 12.2 Å². The third-order valence-electron chi connectivity index (χ3n) is 2.57. The lowest BCUT2D eigenvalue weighted by molar-refractivity contribution is 0.186. The Morgan fingerprint density at radius 2 is 2.06 bits per heavy atom. The Balaban J connectivity index is 2.07. The molecule has 0 radical (unpaired) electrons. The van der Waals surface area contributed by atoms with Crippen LogP contribution in [-0.2, 0) is 17.7 Å². The predicted molar refractivity (Wildman–Crippen MR) is 65.6 cm³/mol. The molecule has 0 amide bonds. The normalized spacial score (nSPS) is 10.6. The smallest absolute Gasteiger partial charge is 0.137 e. The molecule has 90 valence electrons. The molecule has 5 nitrogen and oxygen atoms in total. The first-order chi connectivity index (χ1) is 8.29. The van der Waals surface area contributed by atoms with Gasteiger partial charge in [0.25, 0.3) is 0 Å². The molecule has 0 saturated carbocycles. The van der Waals surface area contributed by atoms with Gasteiger partial charge in [-0.25, -0.2) is 0 Å². The number of rotatable bonds is 5. The van der Waals surface area contributed by atoms with Crippen LogP contribution < -0.4 is 5.73 Å². The summed E-state index contributed by atoms with van der Waals surface area (Å²) in [5.41, 5.74) is 7.59. The van der Waals surface area contributed by atoms with E-state index in [-0.39, 0.29) is 0 Å². The van der Waals surface area contributed by atoms with Crippen LogP contribution in [0, 0.1) is 0 Å². The highest BCUT2D eigenvalue weighted by Gasteiger charge is 2.05. The fourth-order valence-electron chi connectivity index (χ4n) is 1.61. The summed E-state index contributed by atoms with van der Waals surface area (Å²) in [7, 11) is 1.68. The molecule has 17 heavy (non-hydrogen) atoms. The van der Waals surface area contributed by atoms with Crippen molar-refractivity contribution in [3.8, 4) is 0 Å². The van der Waals surface area contributed by atoms with E-state index in [0.29, 0.717) is 6.61 Å². The van der Waals surface area contributed by atoms with Crippen molar-refractivity contribution in [3.05, 3.63) is 42.0 Å². The second-order valence-corrected chi connectivity index (χ2v) is 3.85. The maximum absolute atomic E-state index is 5.65. The Bertz CT molecular complexity index is 464. The van der Waals surface area contributed by atoms with Gasteiger partial charge in [-0.3, -0.25) is 0 Å². The number of nitrogens with two attached hydrogens (primary N) is 1. The van der Waals surface area contributed by atoms with Gasteiger partial charge in [-0.1, -0.05) is 12.1 Å². The Morgan fingerprint density at radius 3 is 2.76 bits per heavy atom. The molecule has 0 aliphatic heterocycles. The van der Waals surface area contributed by atoms with Crippen LogP contribution in [0.1, 0.15) is 11.4 Å². The van der Waals surface area contributed by atoms with Crippen LogP contribution in [0.3, 0.4) is 0 Å². The minimum atomic E-state index is 0.660. The molecule has 1 aromatic heterocycles. The maximum Gasteiger partial charge on any atom is 0.137 e. The average Bonchev–Trinajstić information content (AvgIpc) is 2.77. The first-order valence-corrected chi connectivity index (χ1v) is 5.49. The average molecular weight is 232 g/mol. The molecule has 2 rings (SSSR count). The molecule has 0 saturated heterocycles. The molecule has 0 fully saturated rings. The number of benzene rings is 1. The second-order valence-electron chi connectivity index (χ2n) is 3.85. The minimum absolute atomic E-state index is 0.660. The first kappa shape index (κ1) is 11.6. The standard InChI is InChI=1S/C12H16N4O/c1-17-7-6-16-9-14-15-12(16)8-10-2-4-11(13)5-3-10/h2-5,9H,6-8,13H2,1H3. The van der Waals surface area contributed by atoms with Gasteiger partial charge in [0, 0.05) is 25.8 Å². The molecular weight excluding hydrogens is 216 g/mol. The number of methoxy groups -OCH3 is 1. The molecule has 1 aromatic carbocycles. The highest BCUT2D eigenvalue weighted by atomic mass is 16.5. The quantitative estimate of drug-likeness (QED) is 0.784. The van der Waals surface area contributed by atoms with Crippen molar-refractivity contribution in [2.24, 2.45) is 0 Å². The van der Waals surface area contributed by atoms with Gasteiger partial charge in [-0.05, 0) is 17.7 Å². The zero-order chi connectivity index (χ0) is 12.1. The fourth-order valence-corrected chi connectivity index (χ4v) is 1.61. The molecule has 0 aliphatic carbocycles. The maximum atomic E-state index is 5.65. The molecule has 2 aromatic rings. The predicted octanol–water partition coefficient (Wildman–Crippen LogP) is 1.10. The number of ether oxygens (including phenoxy) is 1. The summed E-state index contributed by atoms with van der Waals surface area (Å²) >= 11 is 0. The van der Waals surface area contributed by atoms with E-state index in [1.54, 1.807) is 13.4 Å². The van der Waals surface area contributed by atoms with Gasteiger partial charge >= 0.3 is 0 Å². The van der Waals surface area contributed by atoms with Crippen LogP contribution in [0.15, 0.2) is 30.6 Å². The molecule has 1 heterocycles. The molecular formula is C12H16N4O. The zero-order valence-electron chi connectivity index (χ0n) is 9.84. The summed E-state index contributed by atoms with van der Waals surface area (Å²) in [5, 5.41) is 8.03. The second kappa shape index (κ2) is 5.45. The minimum Gasteiger partial charge on any atom is -0.399 e. The monoisotopic (exact) mass is 232 g/mol. The number of hydrogen-bond acceptors (Lipinski definition) is 4.